The summed E-state index contributed by atoms with van der Waals surface area (Å²) >= 11 is 1.53. The third-order valence-electron chi connectivity index (χ3n) is 2.86. The predicted octanol–water partition coefficient (Wildman–Crippen LogP) is 1.97. The van der Waals surface area contributed by atoms with Gasteiger partial charge in [0.2, 0.25) is 0 Å². The van der Waals surface area contributed by atoms with E-state index in [1.165, 1.54) is 22.8 Å². The van der Waals surface area contributed by atoms with Gasteiger partial charge in [-0.1, -0.05) is 0 Å². The second kappa shape index (κ2) is 4.07. The summed E-state index contributed by atoms with van der Waals surface area (Å²) in [6.45, 7) is 7.23. The molecule has 2 aromatic heterocycles. The monoisotopic (exact) mass is 250 g/mol. The van der Waals surface area contributed by atoms with Crippen LogP contribution in [0.2, 0.25) is 0 Å². The van der Waals surface area contributed by atoms with Crippen LogP contribution in [0, 0.1) is 20.8 Å². The zero-order valence-electron chi connectivity index (χ0n) is 10.3. The van der Waals surface area contributed by atoms with Crippen LogP contribution in [0.3, 0.4) is 0 Å². The van der Waals surface area contributed by atoms with Crippen LogP contribution in [0.25, 0.3) is 10.2 Å². The second-order valence-corrected chi connectivity index (χ2v) is 5.42. The molecule has 5 heteroatoms. The molecule has 0 bridgehead atoms. The van der Waals surface area contributed by atoms with Crippen molar-refractivity contribution in [2.45, 2.75) is 34.2 Å². The highest BCUT2D eigenvalue weighted by molar-refractivity contribution is 7.18. The van der Waals surface area contributed by atoms with E-state index in [9.17, 15) is 9.59 Å². The lowest BCUT2D eigenvalue weighted by molar-refractivity contribution is -0.117. The third kappa shape index (κ3) is 1.91. The van der Waals surface area contributed by atoms with Gasteiger partial charge in [-0.25, -0.2) is 4.98 Å². The first-order valence-corrected chi connectivity index (χ1v) is 6.20. The molecule has 0 aliphatic rings. The van der Waals surface area contributed by atoms with E-state index in [1.54, 1.807) is 6.92 Å². The van der Waals surface area contributed by atoms with E-state index < -0.39 is 0 Å². The van der Waals surface area contributed by atoms with Crippen LogP contribution in [0.1, 0.15) is 23.2 Å². The fraction of sp³-hybridized carbons (Fsp3) is 0.417. The van der Waals surface area contributed by atoms with Gasteiger partial charge in [-0.3, -0.25) is 14.2 Å². The van der Waals surface area contributed by atoms with Crippen LogP contribution in [-0.4, -0.2) is 15.3 Å². The first-order chi connectivity index (χ1) is 7.91. The summed E-state index contributed by atoms with van der Waals surface area (Å²) < 4.78 is 1.45. The van der Waals surface area contributed by atoms with Gasteiger partial charge >= 0.3 is 0 Å². The molecule has 90 valence electrons. The molecule has 17 heavy (non-hydrogen) atoms. The quantitative estimate of drug-likeness (QED) is 0.818. The summed E-state index contributed by atoms with van der Waals surface area (Å²) in [4.78, 5) is 29.7. The Kier molecular flexibility index (Phi) is 2.87. The Morgan fingerprint density at radius 2 is 2.00 bits per heavy atom. The van der Waals surface area contributed by atoms with E-state index in [1.807, 2.05) is 13.8 Å². The van der Waals surface area contributed by atoms with Crippen molar-refractivity contribution in [2.24, 2.45) is 0 Å². The predicted molar refractivity (Wildman–Crippen MR) is 68.8 cm³/mol. The van der Waals surface area contributed by atoms with E-state index in [0.717, 1.165) is 15.3 Å². The SMILES string of the molecule is CC(=O)Cn1c(C)nc2sc(C)c(C)c2c1=O. The van der Waals surface area contributed by atoms with Crippen molar-refractivity contribution < 1.29 is 4.79 Å². The number of aromatic nitrogens is 2. The average molecular weight is 250 g/mol. The lowest BCUT2D eigenvalue weighted by Crippen LogP contribution is -2.26. The fourth-order valence-corrected chi connectivity index (χ4v) is 2.90. The van der Waals surface area contributed by atoms with Gasteiger partial charge in [0, 0.05) is 4.88 Å². The topological polar surface area (TPSA) is 52.0 Å². The van der Waals surface area contributed by atoms with Crippen LogP contribution >= 0.6 is 11.3 Å². The van der Waals surface area contributed by atoms with Crippen LogP contribution < -0.4 is 5.56 Å². The summed E-state index contributed by atoms with van der Waals surface area (Å²) in [5.74, 6) is 0.555. The van der Waals surface area contributed by atoms with Crippen molar-refractivity contribution in [3.05, 3.63) is 26.6 Å². The molecular formula is C12H14N2O2S. The number of aryl methyl sites for hydroxylation is 3. The smallest absolute Gasteiger partial charge is 0.262 e. The van der Waals surface area contributed by atoms with Gasteiger partial charge in [-0.2, -0.15) is 0 Å². The number of thiophene rings is 1. The Labute approximate surface area is 103 Å². The standard InChI is InChI=1S/C12H14N2O2S/c1-6(15)5-14-9(4)13-11-10(12(14)16)7(2)8(3)17-11/h5H2,1-4H3. The minimum absolute atomic E-state index is 0.0408. The van der Waals surface area contributed by atoms with Gasteiger partial charge in [0.05, 0.1) is 11.9 Å². The number of hydrogen-bond acceptors (Lipinski definition) is 4. The molecule has 0 radical (unpaired) electrons. The molecule has 0 saturated carbocycles. The Bertz CT molecular complexity index is 667. The maximum atomic E-state index is 12.3. The molecule has 2 heterocycles. The molecule has 2 aromatic rings. The van der Waals surface area contributed by atoms with Crippen molar-refractivity contribution in [1.82, 2.24) is 9.55 Å². The maximum Gasteiger partial charge on any atom is 0.262 e. The Morgan fingerprint density at radius 1 is 1.35 bits per heavy atom. The molecule has 0 fully saturated rings. The van der Waals surface area contributed by atoms with E-state index in [2.05, 4.69) is 4.98 Å². The van der Waals surface area contributed by atoms with E-state index in [4.69, 9.17) is 0 Å². The Morgan fingerprint density at radius 3 is 2.59 bits per heavy atom. The first-order valence-electron chi connectivity index (χ1n) is 5.38. The molecule has 4 nitrogen and oxygen atoms in total. The Balaban J connectivity index is 2.83. The molecule has 0 aliphatic heterocycles. The van der Waals surface area contributed by atoms with Crippen molar-refractivity contribution in [2.75, 3.05) is 0 Å². The molecule has 0 unspecified atom stereocenters. The number of carbonyl (C=O) groups is 1. The highest BCUT2D eigenvalue weighted by atomic mass is 32.1. The maximum absolute atomic E-state index is 12.3. The Hall–Kier alpha value is -1.49. The van der Waals surface area contributed by atoms with Crippen molar-refractivity contribution in [3.8, 4) is 0 Å². The van der Waals surface area contributed by atoms with Crippen LogP contribution in [0.15, 0.2) is 4.79 Å². The summed E-state index contributed by atoms with van der Waals surface area (Å²) in [5.41, 5.74) is 0.865. The molecule has 0 aliphatic carbocycles. The highest BCUT2D eigenvalue weighted by Crippen LogP contribution is 2.26. The van der Waals surface area contributed by atoms with Gasteiger partial charge in [0.1, 0.15) is 16.4 Å². The molecule has 0 atom stereocenters. The minimum atomic E-state index is -0.107. The number of fused-ring (bicyclic) bond motifs is 1. The largest absolute Gasteiger partial charge is 0.298 e. The number of nitrogens with zero attached hydrogens (tertiary/aromatic N) is 2. The summed E-state index contributed by atoms with van der Waals surface area (Å²) in [5, 5.41) is 0.652. The molecule has 0 saturated heterocycles. The summed E-state index contributed by atoms with van der Waals surface area (Å²) in [6.07, 6.45) is 0. The number of carbonyl (C=O) groups excluding carboxylic acids is 1. The number of rotatable bonds is 2. The van der Waals surface area contributed by atoms with Crippen molar-refractivity contribution >= 4 is 27.3 Å². The first kappa shape index (κ1) is 12.0. The number of Topliss-reactive ketones (excluding diaryl/α,β-unsaturated/α-hetero) is 1. The van der Waals surface area contributed by atoms with Gasteiger partial charge in [0.25, 0.3) is 5.56 Å². The van der Waals surface area contributed by atoms with Gasteiger partial charge in [-0.15, -0.1) is 11.3 Å². The molecule has 0 amide bonds. The van der Waals surface area contributed by atoms with Gasteiger partial charge in [-0.05, 0) is 33.3 Å². The zero-order valence-corrected chi connectivity index (χ0v) is 11.1. The average Bonchev–Trinajstić information content (AvgIpc) is 2.49. The van der Waals surface area contributed by atoms with Crippen LogP contribution in [0.5, 0.6) is 0 Å². The minimum Gasteiger partial charge on any atom is -0.298 e. The lowest BCUT2D eigenvalue weighted by atomic mass is 10.2. The van der Waals surface area contributed by atoms with E-state index in [0.29, 0.717) is 11.2 Å². The number of hydrogen-bond donors (Lipinski definition) is 0. The van der Waals surface area contributed by atoms with E-state index >= 15 is 0 Å². The fourth-order valence-electron chi connectivity index (χ4n) is 1.84. The molecule has 0 N–H and O–H groups in total. The van der Waals surface area contributed by atoms with Crippen molar-refractivity contribution in [3.63, 3.8) is 0 Å². The van der Waals surface area contributed by atoms with Crippen LogP contribution in [0.4, 0.5) is 0 Å². The number of ketones is 1. The van der Waals surface area contributed by atoms with Gasteiger partial charge < -0.3 is 0 Å². The van der Waals surface area contributed by atoms with E-state index in [-0.39, 0.29) is 17.9 Å². The summed E-state index contributed by atoms with van der Waals surface area (Å²) in [6, 6.07) is 0. The van der Waals surface area contributed by atoms with Crippen molar-refractivity contribution in [1.29, 1.82) is 0 Å². The lowest BCUT2D eigenvalue weighted by Gasteiger charge is -2.07. The molecular weight excluding hydrogens is 236 g/mol. The molecule has 2 rings (SSSR count). The van der Waals surface area contributed by atoms with Crippen LogP contribution in [-0.2, 0) is 11.3 Å². The molecule has 0 aromatic carbocycles. The summed E-state index contributed by atoms with van der Waals surface area (Å²) in [7, 11) is 0. The zero-order chi connectivity index (χ0) is 12.7. The molecule has 0 spiro atoms. The highest BCUT2D eigenvalue weighted by Gasteiger charge is 2.14. The second-order valence-electron chi connectivity index (χ2n) is 4.22. The third-order valence-corrected chi connectivity index (χ3v) is 3.96. The van der Waals surface area contributed by atoms with Gasteiger partial charge in [0.15, 0.2) is 0 Å². The normalized spacial score (nSPS) is 11.1.